The molecule has 0 atom stereocenters. The van der Waals surface area contributed by atoms with E-state index in [2.05, 4.69) is 15.3 Å². The number of aromatic nitrogens is 2. The molecule has 0 saturated heterocycles. The topological polar surface area (TPSA) is 87.2 Å². The Morgan fingerprint density at radius 3 is 2.84 bits per heavy atom. The highest BCUT2D eigenvalue weighted by Crippen LogP contribution is 2.27. The SMILES string of the molecule is O=C(COCc1nc2ccc(F)cc2[nH]1)NCC1CCC(CO)CC1. The van der Waals surface area contributed by atoms with E-state index in [4.69, 9.17) is 9.84 Å². The third kappa shape index (κ3) is 4.99. The molecule has 0 spiro atoms. The number of halogens is 1. The summed E-state index contributed by atoms with van der Waals surface area (Å²) in [6.45, 7) is 1.06. The maximum absolute atomic E-state index is 13.1. The molecule has 1 fully saturated rings. The molecule has 1 aliphatic rings. The molecule has 1 aromatic carbocycles. The van der Waals surface area contributed by atoms with Crippen molar-refractivity contribution in [3.05, 3.63) is 29.8 Å². The fourth-order valence-electron chi connectivity index (χ4n) is 3.27. The number of nitrogens with zero attached hydrogens (tertiary/aromatic N) is 1. The van der Waals surface area contributed by atoms with Crippen LogP contribution < -0.4 is 5.32 Å². The van der Waals surface area contributed by atoms with Crippen LogP contribution in [0.3, 0.4) is 0 Å². The minimum atomic E-state index is -0.323. The molecule has 3 N–H and O–H groups in total. The second-order valence-electron chi connectivity index (χ2n) is 6.71. The van der Waals surface area contributed by atoms with Crippen LogP contribution in [-0.4, -0.2) is 40.7 Å². The van der Waals surface area contributed by atoms with Crippen molar-refractivity contribution in [2.24, 2.45) is 11.8 Å². The van der Waals surface area contributed by atoms with Crippen LogP contribution in [0.5, 0.6) is 0 Å². The maximum atomic E-state index is 13.1. The summed E-state index contributed by atoms with van der Waals surface area (Å²) in [5.74, 6) is 1.00. The predicted molar refractivity (Wildman–Crippen MR) is 91.3 cm³/mol. The molecule has 25 heavy (non-hydrogen) atoms. The lowest BCUT2D eigenvalue weighted by atomic mass is 9.82. The van der Waals surface area contributed by atoms with Crippen LogP contribution >= 0.6 is 0 Å². The van der Waals surface area contributed by atoms with E-state index in [0.717, 1.165) is 25.7 Å². The highest BCUT2D eigenvalue weighted by atomic mass is 19.1. The highest BCUT2D eigenvalue weighted by molar-refractivity contribution is 5.77. The summed E-state index contributed by atoms with van der Waals surface area (Å²) < 4.78 is 18.5. The van der Waals surface area contributed by atoms with Crippen molar-refractivity contribution in [1.29, 1.82) is 0 Å². The summed E-state index contributed by atoms with van der Waals surface area (Å²) in [5.41, 5.74) is 1.28. The van der Waals surface area contributed by atoms with Gasteiger partial charge < -0.3 is 20.1 Å². The van der Waals surface area contributed by atoms with E-state index in [1.807, 2.05) is 0 Å². The van der Waals surface area contributed by atoms with Crippen LogP contribution in [0.1, 0.15) is 31.5 Å². The Morgan fingerprint density at radius 1 is 1.32 bits per heavy atom. The molecule has 0 radical (unpaired) electrons. The van der Waals surface area contributed by atoms with Crippen molar-refractivity contribution in [3.8, 4) is 0 Å². The van der Waals surface area contributed by atoms with Gasteiger partial charge in [-0.25, -0.2) is 9.37 Å². The summed E-state index contributed by atoms with van der Waals surface area (Å²) >= 11 is 0. The van der Waals surface area contributed by atoms with Crippen LogP contribution in [0, 0.1) is 17.7 Å². The van der Waals surface area contributed by atoms with Gasteiger partial charge in [0, 0.05) is 13.2 Å². The molecule has 136 valence electrons. The number of H-pyrrole nitrogens is 1. The van der Waals surface area contributed by atoms with E-state index in [1.54, 1.807) is 6.07 Å². The van der Waals surface area contributed by atoms with Gasteiger partial charge in [-0.05, 0) is 55.7 Å². The Morgan fingerprint density at radius 2 is 2.08 bits per heavy atom. The number of benzene rings is 1. The molecule has 0 unspecified atom stereocenters. The quantitative estimate of drug-likeness (QED) is 0.715. The second kappa shape index (κ2) is 8.40. The van der Waals surface area contributed by atoms with Gasteiger partial charge in [-0.15, -0.1) is 0 Å². The zero-order valence-electron chi connectivity index (χ0n) is 14.1. The normalized spacial score (nSPS) is 20.7. The van der Waals surface area contributed by atoms with Crippen LogP contribution in [0.25, 0.3) is 11.0 Å². The molecule has 0 aliphatic heterocycles. The zero-order valence-corrected chi connectivity index (χ0v) is 14.1. The van der Waals surface area contributed by atoms with Gasteiger partial charge in [0.25, 0.3) is 0 Å². The standard InChI is InChI=1S/C18H24FN3O3/c19-14-5-6-15-16(7-14)22-17(21-15)10-25-11-18(24)20-8-12-1-3-13(9-23)4-2-12/h5-7,12-13,23H,1-4,8-11H2,(H,20,24)(H,21,22). The fourth-order valence-corrected chi connectivity index (χ4v) is 3.27. The first kappa shape index (κ1) is 17.8. The van der Waals surface area contributed by atoms with E-state index in [9.17, 15) is 9.18 Å². The second-order valence-corrected chi connectivity index (χ2v) is 6.71. The number of imidazole rings is 1. The molecule has 3 rings (SSSR count). The lowest BCUT2D eigenvalue weighted by Crippen LogP contribution is -2.34. The van der Waals surface area contributed by atoms with Gasteiger partial charge in [0.1, 0.15) is 24.9 Å². The molecule has 7 heteroatoms. The monoisotopic (exact) mass is 349 g/mol. The first-order chi connectivity index (χ1) is 12.1. The van der Waals surface area contributed by atoms with Gasteiger partial charge in [-0.1, -0.05) is 0 Å². The highest BCUT2D eigenvalue weighted by Gasteiger charge is 2.20. The smallest absolute Gasteiger partial charge is 0.246 e. The van der Waals surface area contributed by atoms with Crippen molar-refractivity contribution in [3.63, 3.8) is 0 Å². The number of ether oxygens (including phenoxy) is 1. The lowest BCUT2D eigenvalue weighted by molar-refractivity contribution is -0.126. The van der Waals surface area contributed by atoms with E-state index in [0.29, 0.717) is 35.2 Å². The minimum absolute atomic E-state index is 0.0304. The number of amides is 1. The number of aliphatic hydroxyl groups is 1. The van der Waals surface area contributed by atoms with Crippen molar-refractivity contribution >= 4 is 16.9 Å². The molecule has 6 nitrogen and oxygen atoms in total. The molecule has 1 heterocycles. The molecule has 1 saturated carbocycles. The van der Waals surface area contributed by atoms with Crippen LogP contribution in [0.4, 0.5) is 4.39 Å². The fraction of sp³-hybridized carbons (Fsp3) is 0.556. The number of aromatic amines is 1. The number of carbonyl (C=O) groups is 1. The van der Waals surface area contributed by atoms with E-state index in [1.165, 1.54) is 12.1 Å². The van der Waals surface area contributed by atoms with E-state index >= 15 is 0 Å². The van der Waals surface area contributed by atoms with Gasteiger partial charge in [0.2, 0.25) is 5.91 Å². The number of nitrogens with one attached hydrogen (secondary N) is 2. The molecule has 1 amide bonds. The van der Waals surface area contributed by atoms with Crippen molar-refractivity contribution in [2.75, 3.05) is 19.8 Å². The van der Waals surface area contributed by atoms with Crippen LogP contribution in [0.2, 0.25) is 0 Å². The largest absolute Gasteiger partial charge is 0.396 e. The summed E-state index contributed by atoms with van der Waals surface area (Å²) in [6.07, 6.45) is 4.14. The van der Waals surface area contributed by atoms with Crippen molar-refractivity contribution in [2.45, 2.75) is 32.3 Å². The molecule has 0 bridgehead atoms. The number of aliphatic hydroxyl groups excluding tert-OH is 1. The van der Waals surface area contributed by atoms with E-state index < -0.39 is 0 Å². The van der Waals surface area contributed by atoms with Crippen LogP contribution in [0.15, 0.2) is 18.2 Å². The van der Waals surface area contributed by atoms with Gasteiger partial charge in [-0.3, -0.25) is 4.79 Å². The summed E-state index contributed by atoms with van der Waals surface area (Å²) in [4.78, 5) is 19.1. The Balaban J connectivity index is 1.36. The first-order valence-electron chi connectivity index (χ1n) is 8.73. The number of carbonyl (C=O) groups excluding carboxylic acids is 1. The summed E-state index contributed by atoms with van der Waals surface area (Å²) in [6, 6.07) is 4.34. The number of hydrogen-bond acceptors (Lipinski definition) is 4. The van der Waals surface area contributed by atoms with Gasteiger partial charge in [0.05, 0.1) is 11.0 Å². The third-order valence-electron chi connectivity index (χ3n) is 4.78. The van der Waals surface area contributed by atoms with Gasteiger partial charge in [-0.2, -0.15) is 0 Å². The Bertz CT molecular complexity index is 711. The molecule has 1 aliphatic carbocycles. The van der Waals surface area contributed by atoms with Gasteiger partial charge in [0.15, 0.2) is 0 Å². The molecular weight excluding hydrogens is 325 g/mol. The minimum Gasteiger partial charge on any atom is -0.396 e. The summed E-state index contributed by atoms with van der Waals surface area (Å²) in [7, 11) is 0. The number of hydrogen-bond donors (Lipinski definition) is 3. The molecule has 2 aromatic rings. The lowest BCUT2D eigenvalue weighted by Gasteiger charge is -2.27. The van der Waals surface area contributed by atoms with Gasteiger partial charge >= 0.3 is 0 Å². The zero-order chi connectivity index (χ0) is 17.6. The average Bonchev–Trinajstić information content (AvgIpc) is 3.02. The van der Waals surface area contributed by atoms with Crippen molar-refractivity contribution < 1.29 is 19.0 Å². The maximum Gasteiger partial charge on any atom is 0.246 e. The van der Waals surface area contributed by atoms with Crippen molar-refractivity contribution in [1.82, 2.24) is 15.3 Å². The third-order valence-corrected chi connectivity index (χ3v) is 4.78. The molecular formula is C18H24FN3O3. The Kier molecular flexibility index (Phi) is 5.99. The summed E-state index contributed by atoms with van der Waals surface area (Å²) in [5, 5.41) is 12.0. The predicted octanol–water partition coefficient (Wildman–Crippen LogP) is 2.13. The number of rotatable bonds is 7. The van der Waals surface area contributed by atoms with E-state index in [-0.39, 0.29) is 31.5 Å². The number of fused-ring (bicyclic) bond motifs is 1. The Hall–Kier alpha value is -1.99. The molecule has 1 aromatic heterocycles. The first-order valence-corrected chi connectivity index (χ1v) is 8.73. The van der Waals surface area contributed by atoms with Crippen LogP contribution in [-0.2, 0) is 16.1 Å². The average molecular weight is 349 g/mol. The Labute approximate surface area is 145 Å².